The number of hydrogen-bond donors (Lipinski definition) is 2. The molecule has 0 saturated carbocycles. The summed E-state index contributed by atoms with van der Waals surface area (Å²) in [7, 11) is 0. The largest absolute Gasteiger partial charge is 0.389 e. The summed E-state index contributed by atoms with van der Waals surface area (Å²) in [6, 6.07) is 9.73. The summed E-state index contributed by atoms with van der Waals surface area (Å²) >= 11 is 5.05. The van der Waals surface area contributed by atoms with Crippen molar-refractivity contribution < 1.29 is 0 Å². The third-order valence-electron chi connectivity index (χ3n) is 2.53. The highest BCUT2D eigenvalue weighted by atomic mass is 32.1. The summed E-state index contributed by atoms with van der Waals surface area (Å²) in [5.74, 6) is 0. The fraction of sp³-hybridized carbons (Fsp3) is 0.154. The van der Waals surface area contributed by atoms with Crippen LogP contribution in [-0.4, -0.2) is 15.2 Å². The van der Waals surface area contributed by atoms with Crippen molar-refractivity contribution in [2.24, 2.45) is 5.73 Å². The summed E-state index contributed by atoms with van der Waals surface area (Å²) in [6.45, 7) is 2.60. The van der Waals surface area contributed by atoms with Gasteiger partial charge in [0.15, 0.2) is 0 Å². The maximum absolute atomic E-state index is 5.72. The molecule has 4 nitrogen and oxygen atoms in total. The zero-order chi connectivity index (χ0) is 13.0. The van der Waals surface area contributed by atoms with E-state index in [9.17, 15) is 0 Å². The Labute approximate surface area is 111 Å². The number of anilines is 1. The monoisotopic (exact) mass is 258 g/mol. The van der Waals surface area contributed by atoms with Gasteiger partial charge in [0.05, 0.1) is 12.2 Å². The average Bonchev–Trinajstić information content (AvgIpc) is 2.38. The molecular weight excluding hydrogens is 244 g/mol. The van der Waals surface area contributed by atoms with Gasteiger partial charge in [-0.25, -0.2) is 0 Å². The van der Waals surface area contributed by atoms with Gasteiger partial charge in [0, 0.05) is 17.4 Å². The van der Waals surface area contributed by atoms with Crippen molar-refractivity contribution in [2.45, 2.75) is 13.5 Å². The van der Waals surface area contributed by atoms with Gasteiger partial charge < -0.3 is 11.1 Å². The molecule has 0 bridgehead atoms. The summed E-state index contributed by atoms with van der Waals surface area (Å²) in [6.07, 6.45) is 1.65. The topological polar surface area (TPSA) is 63.8 Å². The van der Waals surface area contributed by atoms with E-state index in [-0.39, 0.29) is 0 Å². The lowest BCUT2D eigenvalue weighted by Gasteiger charge is -2.11. The first-order valence-corrected chi connectivity index (χ1v) is 5.98. The first-order chi connectivity index (χ1) is 8.66. The lowest BCUT2D eigenvalue weighted by Crippen LogP contribution is -2.13. The van der Waals surface area contributed by atoms with Gasteiger partial charge in [0.25, 0.3) is 0 Å². The SMILES string of the molecule is Cc1ccc(NCc2cccnn2)c(C(N)=S)c1. The van der Waals surface area contributed by atoms with Crippen LogP contribution in [0, 0.1) is 6.92 Å². The first kappa shape index (κ1) is 12.4. The molecule has 2 rings (SSSR count). The van der Waals surface area contributed by atoms with Crippen LogP contribution >= 0.6 is 12.2 Å². The number of benzene rings is 1. The van der Waals surface area contributed by atoms with Crippen molar-refractivity contribution in [3.05, 3.63) is 53.3 Å². The second kappa shape index (κ2) is 5.55. The Morgan fingerprint density at radius 2 is 2.22 bits per heavy atom. The molecule has 5 heteroatoms. The minimum absolute atomic E-state index is 0.389. The van der Waals surface area contributed by atoms with Crippen LogP contribution in [0.5, 0.6) is 0 Å². The number of nitrogens with zero attached hydrogens (tertiary/aromatic N) is 2. The number of aromatic nitrogens is 2. The predicted octanol–water partition coefficient (Wildman–Crippen LogP) is 2.03. The second-order valence-corrected chi connectivity index (χ2v) is 4.42. The van der Waals surface area contributed by atoms with Gasteiger partial charge in [-0.15, -0.1) is 0 Å². The molecule has 0 aliphatic rings. The van der Waals surface area contributed by atoms with Gasteiger partial charge in [-0.3, -0.25) is 0 Å². The van der Waals surface area contributed by atoms with Crippen LogP contribution in [0.25, 0.3) is 0 Å². The van der Waals surface area contributed by atoms with Crippen molar-refractivity contribution in [3.63, 3.8) is 0 Å². The zero-order valence-electron chi connectivity index (χ0n) is 10.1. The number of nitrogens with one attached hydrogen (secondary N) is 1. The fourth-order valence-electron chi connectivity index (χ4n) is 1.63. The standard InChI is InChI=1S/C13H14N4S/c1-9-4-5-12(11(7-9)13(14)18)15-8-10-3-2-6-16-17-10/h2-7,15H,8H2,1H3,(H2,14,18). The molecule has 0 aliphatic carbocycles. The molecule has 0 radical (unpaired) electrons. The van der Waals surface area contributed by atoms with Crippen LogP contribution in [0.3, 0.4) is 0 Å². The molecule has 0 unspecified atom stereocenters. The molecular formula is C13H14N4S. The lowest BCUT2D eigenvalue weighted by atomic mass is 10.1. The molecule has 1 heterocycles. The smallest absolute Gasteiger partial charge is 0.106 e. The van der Waals surface area contributed by atoms with E-state index in [1.165, 1.54) is 0 Å². The van der Waals surface area contributed by atoms with Gasteiger partial charge in [0.1, 0.15) is 4.99 Å². The van der Waals surface area contributed by atoms with E-state index in [4.69, 9.17) is 18.0 Å². The zero-order valence-corrected chi connectivity index (χ0v) is 10.9. The average molecular weight is 258 g/mol. The van der Waals surface area contributed by atoms with E-state index in [2.05, 4.69) is 15.5 Å². The second-order valence-electron chi connectivity index (χ2n) is 3.98. The Hall–Kier alpha value is -2.01. The van der Waals surface area contributed by atoms with E-state index in [1.807, 2.05) is 37.3 Å². The quantitative estimate of drug-likeness (QED) is 0.822. The summed E-state index contributed by atoms with van der Waals surface area (Å²) in [4.78, 5) is 0.389. The fourth-order valence-corrected chi connectivity index (χ4v) is 1.80. The Balaban J connectivity index is 2.17. The van der Waals surface area contributed by atoms with Gasteiger partial charge >= 0.3 is 0 Å². The molecule has 92 valence electrons. The van der Waals surface area contributed by atoms with Gasteiger partial charge in [0.2, 0.25) is 0 Å². The molecule has 0 spiro atoms. The summed E-state index contributed by atoms with van der Waals surface area (Å²) in [5, 5.41) is 11.1. The molecule has 2 aromatic rings. The highest BCUT2D eigenvalue weighted by Crippen LogP contribution is 2.17. The van der Waals surface area contributed by atoms with Crippen molar-refractivity contribution in [1.82, 2.24) is 10.2 Å². The van der Waals surface area contributed by atoms with Gasteiger partial charge in [-0.05, 0) is 31.2 Å². The first-order valence-electron chi connectivity index (χ1n) is 5.58. The molecule has 0 aliphatic heterocycles. The predicted molar refractivity (Wildman–Crippen MR) is 76.4 cm³/mol. The van der Waals surface area contributed by atoms with Crippen LogP contribution in [-0.2, 0) is 6.54 Å². The van der Waals surface area contributed by atoms with E-state index in [1.54, 1.807) is 6.20 Å². The van der Waals surface area contributed by atoms with E-state index in [0.717, 1.165) is 22.5 Å². The summed E-state index contributed by atoms with van der Waals surface area (Å²) in [5.41, 5.74) is 9.48. The molecule has 0 fully saturated rings. The Morgan fingerprint density at radius 1 is 1.39 bits per heavy atom. The number of rotatable bonds is 4. The van der Waals surface area contributed by atoms with Crippen LogP contribution in [0.1, 0.15) is 16.8 Å². The maximum atomic E-state index is 5.72. The number of hydrogen-bond acceptors (Lipinski definition) is 4. The van der Waals surface area contributed by atoms with Crippen LogP contribution in [0.15, 0.2) is 36.5 Å². The third kappa shape index (κ3) is 3.01. The molecule has 3 N–H and O–H groups in total. The van der Waals surface area contributed by atoms with E-state index in [0.29, 0.717) is 11.5 Å². The van der Waals surface area contributed by atoms with Crippen molar-refractivity contribution in [1.29, 1.82) is 0 Å². The lowest BCUT2D eigenvalue weighted by molar-refractivity contribution is 0.925. The maximum Gasteiger partial charge on any atom is 0.106 e. The molecule has 1 aromatic carbocycles. The number of nitrogens with two attached hydrogens (primary N) is 1. The normalized spacial score (nSPS) is 10.1. The number of thiocarbonyl (C=S) groups is 1. The third-order valence-corrected chi connectivity index (χ3v) is 2.75. The molecule has 0 amide bonds. The Morgan fingerprint density at radius 3 is 2.89 bits per heavy atom. The minimum Gasteiger partial charge on any atom is -0.389 e. The molecule has 0 saturated heterocycles. The molecule has 0 atom stereocenters. The summed E-state index contributed by atoms with van der Waals surface area (Å²) < 4.78 is 0. The van der Waals surface area contributed by atoms with Gasteiger partial charge in [-0.1, -0.05) is 23.8 Å². The van der Waals surface area contributed by atoms with E-state index >= 15 is 0 Å². The minimum atomic E-state index is 0.389. The van der Waals surface area contributed by atoms with Crippen LogP contribution in [0.4, 0.5) is 5.69 Å². The van der Waals surface area contributed by atoms with E-state index < -0.39 is 0 Å². The van der Waals surface area contributed by atoms with Crippen LogP contribution in [0.2, 0.25) is 0 Å². The van der Waals surface area contributed by atoms with Gasteiger partial charge in [-0.2, -0.15) is 10.2 Å². The van der Waals surface area contributed by atoms with Crippen molar-refractivity contribution >= 4 is 22.9 Å². The Kier molecular flexibility index (Phi) is 3.84. The van der Waals surface area contributed by atoms with Crippen molar-refractivity contribution in [3.8, 4) is 0 Å². The van der Waals surface area contributed by atoms with Crippen molar-refractivity contribution in [2.75, 3.05) is 5.32 Å². The Bertz CT molecular complexity index is 554. The molecule has 1 aromatic heterocycles. The molecule has 18 heavy (non-hydrogen) atoms. The highest BCUT2D eigenvalue weighted by Gasteiger charge is 2.05. The van der Waals surface area contributed by atoms with Crippen LogP contribution < -0.4 is 11.1 Å². The number of aryl methyl sites for hydroxylation is 1. The highest BCUT2D eigenvalue weighted by molar-refractivity contribution is 7.80.